The maximum atomic E-state index is 13.5. The van der Waals surface area contributed by atoms with Crippen molar-refractivity contribution in [3.63, 3.8) is 0 Å². The third-order valence-electron chi connectivity index (χ3n) is 5.14. The molecule has 34 heavy (non-hydrogen) atoms. The zero-order valence-corrected chi connectivity index (χ0v) is 20.7. The standard InChI is InChI=1S/C22H30N4O7S/c1-14-19(21(28)29)24-25(5)20(14)33-16-7-6-15(23-18(27)13-22(2,3)4)12-17(16)34(30,31)26-8-10-32-11-9-26/h6-7,12H,8-11,13H2,1-5H3,(H,23,27)(H,28,29). The first kappa shape index (κ1) is 25.7. The lowest BCUT2D eigenvalue weighted by atomic mass is 9.92. The zero-order valence-electron chi connectivity index (χ0n) is 19.9. The van der Waals surface area contributed by atoms with Gasteiger partial charge in [-0.15, -0.1) is 0 Å². The Balaban J connectivity index is 2.03. The highest BCUT2D eigenvalue weighted by Gasteiger charge is 2.31. The predicted octanol–water partition coefficient (Wildman–Crippen LogP) is 2.61. The van der Waals surface area contributed by atoms with Gasteiger partial charge in [0.1, 0.15) is 10.6 Å². The Morgan fingerprint density at radius 3 is 2.44 bits per heavy atom. The van der Waals surface area contributed by atoms with Crippen molar-refractivity contribution < 1.29 is 32.6 Å². The van der Waals surface area contributed by atoms with E-state index in [1.54, 1.807) is 0 Å². The Bertz CT molecular complexity index is 1190. The van der Waals surface area contributed by atoms with Gasteiger partial charge in [0.05, 0.1) is 13.2 Å². The molecule has 1 aliphatic heterocycles. The van der Waals surface area contributed by atoms with E-state index in [1.165, 1.54) is 41.2 Å². The number of hydrogen-bond donors (Lipinski definition) is 2. The third kappa shape index (κ3) is 5.75. The second-order valence-electron chi connectivity index (χ2n) is 9.27. The number of aromatic nitrogens is 2. The van der Waals surface area contributed by atoms with Crippen LogP contribution in [0.5, 0.6) is 11.6 Å². The van der Waals surface area contributed by atoms with Crippen molar-refractivity contribution >= 4 is 27.6 Å². The summed E-state index contributed by atoms with van der Waals surface area (Å²) in [6, 6.07) is 4.33. The minimum absolute atomic E-state index is 0.0108. The number of sulfonamides is 1. The van der Waals surface area contributed by atoms with E-state index in [2.05, 4.69) is 10.4 Å². The van der Waals surface area contributed by atoms with Crippen molar-refractivity contribution in [2.24, 2.45) is 12.5 Å². The number of nitrogens with one attached hydrogen (secondary N) is 1. The molecule has 1 saturated heterocycles. The zero-order chi connectivity index (χ0) is 25.3. The van der Waals surface area contributed by atoms with Crippen LogP contribution in [-0.2, 0) is 26.6 Å². The van der Waals surface area contributed by atoms with Gasteiger partial charge in [-0.2, -0.15) is 9.40 Å². The maximum Gasteiger partial charge on any atom is 0.356 e. The molecule has 11 nitrogen and oxygen atoms in total. The Labute approximate surface area is 198 Å². The van der Waals surface area contributed by atoms with E-state index >= 15 is 0 Å². The van der Waals surface area contributed by atoms with Crippen LogP contribution in [0.4, 0.5) is 5.69 Å². The van der Waals surface area contributed by atoms with Gasteiger partial charge >= 0.3 is 5.97 Å². The third-order valence-corrected chi connectivity index (χ3v) is 7.06. The van der Waals surface area contributed by atoms with Gasteiger partial charge in [0, 0.05) is 37.8 Å². The molecule has 0 aliphatic carbocycles. The van der Waals surface area contributed by atoms with Crippen molar-refractivity contribution in [2.45, 2.75) is 39.0 Å². The largest absolute Gasteiger partial charge is 0.476 e. The van der Waals surface area contributed by atoms with Gasteiger partial charge in [-0.1, -0.05) is 20.8 Å². The first-order valence-electron chi connectivity index (χ1n) is 10.8. The molecule has 12 heteroatoms. The summed E-state index contributed by atoms with van der Waals surface area (Å²) in [6.07, 6.45) is 0.253. The SMILES string of the molecule is Cc1c(C(=O)O)nn(C)c1Oc1ccc(NC(=O)CC(C)(C)C)cc1S(=O)(=O)N1CCOCC1. The lowest BCUT2D eigenvalue weighted by Gasteiger charge is -2.27. The summed E-state index contributed by atoms with van der Waals surface area (Å²) in [5.41, 5.74) is 0.129. The monoisotopic (exact) mass is 494 g/mol. The number of aromatic carboxylic acids is 1. The highest BCUT2D eigenvalue weighted by Crippen LogP contribution is 2.35. The number of morpholine rings is 1. The molecule has 0 radical (unpaired) electrons. The molecule has 0 atom stereocenters. The van der Waals surface area contributed by atoms with Crippen LogP contribution in [0.25, 0.3) is 0 Å². The predicted molar refractivity (Wildman–Crippen MR) is 124 cm³/mol. The summed E-state index contributed by atoms with van der Waals surface area (Å²) in [4.78, 5) is 23.7. The number of benzene rings is 1. The van der Waals surface area contributed by atoms with E-state index in [9.17, 15) is 23.1 Å². The van der Waals surface area contributed by atoms with Gasteiger partial charge in [0.15, 0.2) is 5.69 Å². The van der Waals surface area contributed by atoms with E-state index in [0.29, 0.717) is 5.69 Å². The van der Waals surface area contributed by atoms with E-state index in [-0.39, 0.29) is 71.8 Å². The van der Waals surface area contributed by atoms with Gasteiger partial charge in [0.25, 0.3) is 0 Å². The molecule has 3 rings (SSSR count). The van der Waals surface area contributed by atoms with Gasteiger partial charge in [-0.05, 0) is 30.5 Å². The van der Waals surface area contributed by atoms with Crippen molar-refractivity contribution in [3.8, 4) is 11.6 Å². The smallest absolute Gasteiger partial charge is 0.356 e. The van der Waals surface area contributed by atoms with Gasteiger partial charge in [-0.3, -0.25) is 4.79 Å². The summed E-state index contributed by atoms with van der Waals surface area (Å²) in [6.45, 7) is 8.20. The van der Waals surface area contributed by atoms with Crippen molar-refractivity contribution in [1.29, 1.82) is 0 Å². The van der Waals surface area contributed by atoms with E-state index in [0.717, 1.165) is 0 Å². The molecule has 186 valence electrons. The van der Waals surface area contributed by atoms with Crippen LogP contribution in [0.2, 0.25) is 0 Å². The number of carbonyl (C=O) groups is 2. The minimum atomic E-state index is -4.01. The minimum Gasteiger partial charge on any atom is -0.476 e. The lowest BCUT2D eigenvalue weighted by Crippen LogP contribution is -2.40. The Hall–Kier alpha value is -2.96. The molecule has 2 aromatic rings. The van der Waals surface area contributed by atoms with Gasteiger partial charge in [0.2, 0.25) is 21.8 Å². The molecule has 1 aliphatic rings. The molecule has 0 saturated carbocycles. The highest BCUT2D eigenvalue weighted by atomic mass is 32.2. The van der Waals surface area contributed by atoms with Crippen LogP contribution in [0.1, 0.15) is 43.2 Å². The molecule has 2 N–H and O–H groups in total. The van der Waals surface area contributed by atoms with Crippen LogP contribution in [0.3, 0.4) is 0 Å². The average Bonchev–Trinajstić information content (AvgIpc) is 3.02. The van der Waals surface area contributed by atoms with Crippen LogP contribution < -0.4 is 10.1 Å². The van der Waals surface area contributed by atoms with Crippen molar-refractivity contribution in [2.75, 3.05) is 31.6 Å². The van der Waals surface area contributed by atoms with Gasteiger partial charge < -0.3 is 19.9 Å². The number of ether oxygens (including phenoxy) is 2. The summed E-state index contributed by atoms with van der Waals surface area (Å²) in [5, 5.41) is 16.0. The Kier molecular flexibility index (Phi) is 7.34. The fraction of sp³-hybridized carbons (Fsp3) is 0.500. The van der Waals surface area contributed by atoms with Crippen LogP contribution >= 0.6 is 0 Å². The topological polar surface area (TPSA) is 140 Å². The summed E-state index contributed by atoms with van der Waals surface area (Å²) in [7, 11) is -2.50. The Morgan fingerprint density at radius 2 is 1.88 bits per heavy atom. The van der Waals surface area contributed by atoms with E-state index in [4.69, 9.17) is 9.47 Å². The number of rotatable bonds is 7. The molecule has 1 aromatic carbocycles. The number of carboxylic acids is 1. The van der Waals surface area contributed by atoms with Gasteiger partial charge in [-0.25, -0.2) is 17.9 Å². The molecule has 1 fully saturated rings. The first-order chi connectivity index (χ1) is 15.8. The van der Waals surface area contributed by atoms with E-state index < -0.39 is 16.0 Å². The van der Waals surface area contributed by atoms with Crippen molar-refractivity contribution in [1.82, 2.24) is 14.1 Å². The number of carboxylic acid groups (broad SMARTS) is 1. The highest BCUT2D eigenvalue weighted by molar-refractivity contribution is 7.89. The molecule has 2 heterocycles. The number of carbonyl (C=O) groups excluding carboxylic acids is 1. The molecule has 0 unspecified atom stereocenters. The van der Waals surface area contributed by atoms with E-state index in [1.807, 2.05) is 20.8 Å². The molecule has 1 amide bonds. The molecule has 0 bridgehead atoms. The number of hydrogen-bond acceptors (Lipinski definition) is 7. The number of nitrogens with zero attached hydrogens (tertiary/aromatic N) is 3. The number of aryl methyl sites for hydroxylation is 1. The average molecular weight is 495 g/mol. The molecular weight excluding hydrogens is 464 g/mol. The Morgan fingerprint density at radius 1 is 1.24 bits per heavy atom. The van der Waals surface area contributed by atoms with Crippen LogP contribution in [0.15, 0.2) is 23.1 Å². The van der Waals surface area contributed by atoms with Crippen LogP contribution in [-0.4, -0.2) is 65.8 Å². The lowest BCUT2D eigenvalue weighted by molar-refractivity contribution is -0.117. The summed E-state index contributed by atoms with van der Waals surface area (Å²) < 4.78 is 40.7. The van der Waals surface area contributed by atoms with Crippen molar-refractivity contribution in [3.05, 3.63) is 29.5 Å². The number of anilines is 1. The maximum absolute atomic E-state index is 13.5. The fourth-order valence-corrected chi connectivity index (χ4v) is 5.10. The second kappa shape index (κ2) is 9.72. The quantitative estimate of drug-likeness (QED) is 0.599. The normalized spacial score (nSPS) is 15.2. The van der Waals surface area contributed by atoms with Crippen LogP contribution in [0, 0.1) is 12.3 Å². The second-order valence-corrected chi connectivity index (χ2v) is 11.2. The summed E-state index contributed by atoms with van der Waals surface area (Å²) in [5.74, 6) is -1.38. The summed E-state index contributed by atoms with van der Waals surface area (Å²) >= 11 is 0. The first-order valence-corrected chi connectivity index (χ1v) is 12.2. The number of amides is 1. The molecule has 0 spiro atoms. The molecule has 1 aromatic heterocycles. The fourth-order valence-electron chi connectivity index (χ4n) is 3.55. The molecular formula is C22H30N4O7S.